The van der Waals surface area contributed by atoms with Crippen LogP contribution in [0.5, 0.6) is 5.88 Å². The minimum absolute atomic E-state index is 0.0219. The first-order valence-electron chi connectivity index (χ1n) is 13.5. The van der Waals surface area contributed by atoms with Crippen molar-refractivity contribution in [3.05, 3.63) is 40.6 Å². The molecule has 1 aliphatic carbocycles. The molecule has 0 amide bonds. The van der Waals surface area contributed by atoms with Gasteiger partial charge in [-0.2, -0.15) is 15.3 Å². The molecule has 0 aromatic carbocycles. The summed E-state index contributed by atoms with van der Waals surface area (Å²) >= 11 is 0. The Bertz CT molecular complexity index is 1530. The normalized spacial score (nSPS) is 19.8. The third-order valence-electron chi connectivity index (χ3n) is 7.61. The van der Waals surface area contributed by atoms with Crippen molar-refractivity contribution in [2.45, 2.75) is 65.0 Å². The van der Waals surface area contributed by atoms with Crippen LogP contribution in [0.2, 0.25) is 0 Å². The van der Waals surface area contributed by atoms with Crippen molar-refractivity contribution in [2.75, 3.05) is 20.3 Å². The van der Waals surface area contributed by atoms with Gasteiger partial charge in [-0.15, -0.1) is 0 Å². The lowest BCUT2D eigenvalue weighted by molar-refractivity contribution is 0.124. The summed E-state index contributed by atoms with van der Waals surface area (Å²) in [6.45, 7) is 7.88. The average molecular weight is 533 g/mol. The first-order valence-corrected chi connectivity index (χ1v) is 13.5. The zero-order chi connectivity index (χ0) is 27.3. The van der Waals surface area contributed by atoms with Gasteiger partial charge in [-0.25, -0.2) is 4.68 Å². The molecule has 0 spiro atoms. The number of fused-ring (bicyclic) bond motifs is 4. The van der Waals surface area contributed by atoms with Crippen molar-refractivity contribution in [1.82, 2.24) is 39.6 Å². The highest BCUT2D eigenvalue weighted by atomic mass is 16.5. The molecule has 1 saturated carbocycles. The van der Waals surface area contributed by atoms with Crippen molar-refractivity contribution < 1.29 is 14.6 Å². The van der Waals surface area contributed by atoms with E-state index in [1.54, 1.807) is 11.8 Å². The summed E-state index contributed by atoms with van der Waals surface area (Å²) in [5.41, 5.74) is 7.02. The fraction of sp³-hybridized carbons (Fsp3) is 0.500. The van der Waals surface area contributed by atoms with E-state index in [-0.39, 0.29) is 18.8 Å². The van der Waals surface area contributed by atoms with Gasteiger partial charge in [0, 0.05) is 44.2 Å². The number of aliphatic hydroxyl groups is 1. The number of aromatic amines is 1. The Morgan fingerprint density at radius 3 is 2.85 bits per heavy atom. The first-order chi connectivity index (χ1) is 18.9. The maximum Gasteiger partial charge on any atom is 0.221 e. The number of hydrogen-bond donors (Lipinski definition) is 2. The van der Waals surface area contributed by atoms with Crippen molar-refractivity contribution in [2.24, 2.45) is 7.05 Å². The number of nitrogens with one attached hydrogen (secondary N) is 1. The standard InChI is InChI=1S/C28H36N8O3/c1-16(14-37)36-25-13-35(20-7-8-20)12-17(2)39-28-26(24(15-38-5)33-34(28)4)23-10-21-22(9-6-19(25)11-29-36)31-32-27(21)18(3)30-23/h6,9-11,16-17,20,37H,7-8,12-15H2,1-5H3,(H,31,32)/b9-6+. The van der Waals surface area contributed by atoms with Gasteiger partial charge in [0.15, 0.2) is 0 Å². The third kappa shape index (κ3) is 4.75. The van der Waals surface area contributed by atoms with E-state index in [0.717, 1.165) is 69.9 Å². The number of rotatable bonds is 5. The third-order valence-corrected chi connectivity index (χ3v) is 7.61. The Labute approximate surface area is 227 Å². The van der Waals surface area contributed by atoms with E-state index in [4.69, 9.17) is 19.6 Å². The number of aliphatic hydroxyl groups excluding tert-OH is 1. The van der Waals surface area contributed by atoms with E-state index in [1.165, 1.54) is 0 Å². The highest BCUT2D eigenvalue weighted by Gasteiger charge is 2.33. The number of aryl methyl sites for hydroxylation is 2. The molecule has 39 heavy (non-hydrogen) atoms. The lowest BCUT2D eigenvalue weighted by Gasteiger charge is -2.27. The van der Waals surface area contributed by atoms with E-state index < -0.39 is 0 Å². The number of aromatic nitrogens is 7. The van der Waals surface area contributed by atoms with Gasteiger partial charge in [0.2, 0.25) is 5.88 Å². The maximum atomic E-state index is 9.93. The molecule has 4 aromatic heterocycles. The molecule has 2 N–H and O–H groups in total. The van der Waals surface area contributed by atoms with Crippen LogP contribution in [0.25, 0.3) is 34.3 Å². The number of ether oxygens (including phenoxy) is 2. The van der Waals surface area contributed by atoms with Gasteiger partial charge >= 0.3 is 0 Å². The summed E-state index contributed by atoms with van der Waals surface area (Å²) in [6.07, 6.45) is 8.24. The van der Waals surface area contributed by atoms with Gasteiger partial charge in [-0.05, 0) is 51.8 Å². The Balaban J connectivity index is 1.55. The highest BCUT2D eigenvalue weighted by Crippen LogP contribution is 2.37. The van der Waals surface area contributed by atoms with Crippen LogP contribution < -0.4 is 4.74 Å². The molecule has 2 unspecified atom stereocenters. The van der Waals surface area contributed by atoms with Crippen molar-refractivity contribution in [3.8, 4) is 17.1 Å². The fourth-order valence-electron chi connectivity index (χ4n) is 5.50. The zero-order valence-electron chi connectivity index (χ0n) is 23.2. The monoisotopic (exact) mass is 532 g/mol. The number of methoxy groups -OCH3 is 1. The Morgan fingerprint density at radius 1 is 1.28 bits per heavy atom. The molecule has 0 saturated heterocycles. The van der Waals surface area contributed by atoms with Crippen LogP contribution in [0, 0.1) is 6.92 Å². The predicted octanol–water partition coefficient (Wildman–Crippen LogP) is 3.48. The molecule has 11 heteroatoms. The molecule has 6 rings (SSSR count). The van der Waals surface area contributed by atoms with Crippen LogP contribution in [0.3, 0.4) is 0 Å². The molecule has 2 bridgehead atoms. The second-order valence-electron chi connectivity index (χ2n) is 10.8. The fourth-order valence-corrected chi connectivity index (χ4v) is 5.50. The Hall–Kier alpha value is -3.54. The van der Waals surface area contributed by atoms with Gasteiger partial charge in [-0.1, -0.05) is 0 Å². The average Bonchev–Trinajstić information content (AvgIpc) is 3.46. The van der Waals surface area contributed by atoms with Gasteiger partial charge in [0.05, 0.1) is 53.8 Å². The Kier molecular flexibility index (Phi) is 6.74. The Morgan fingerprint density at radius 2 is 2.10 bits per heavy atom. The van der Waals surface area contributed by atoms with Crippen molar-refractivity contribution in [1.29, 1.82) is 0 Å². The minimum Gasteiger partial charge on any atom is -0.473 e. The maximum absolute atomic E-state index is 9.93. The number of hydrogen-bond acceptors (Lipinski definition) is 8. The number of pyridine rings is 1. The van der Waals surface area contributed by atoms with Gasteiger partial charge in [0.1, 0.15) is 17.3 Å². The molecule has 4 aromatic rings. The van der Waals surface area contributed by atoms with Crippen LogP contribution in [-0.4, -0.2) is 77.2 Å². The molecule has 5 heterocycles. The molecule has 2 atom stereocenters. The molecular weight excluding hydrogens is 496 g/mol. The molecule has 11 nitrogen and oxygen atoms in total. The van der Waals surface area contributed by atoms with Crippen LogP contribution >= 0.6 is 0 Å². The predicted molar refractivity (Wildman–Crippen MR) is 148 cm³/mol. The summed E-state index contributed by atoms with van der Waals surface area (Å²) in [5.74, 6) is 0.673. The van der Waals surface area contributed by atoms with E-state index >= 15 is 0 Å². The van der Waals surface area contributed by atoms with E-state index in [1.807, 2.05) is 43.9 Å². The topological polar surface area (TPSA) is 119 Å². The van der Waals surface area contributed by atoms with Gasteiger partial charge in [-0.3, -0.25) is 19.7 Å². The zero-order valence-corrected chi connectivity index (χ0v) is 23.2. The SMILES string of the molecule is COCc1nn(C)c2c1-c1cc3c([nH]nc3c(C)n1)/C=C/c1cnn(C(C)CO)c1CN(C1CC1)CC(C)O2. The summed E-state index contributed by atoms with van der Waals surface area (Å²) in [4.78, 5) is 7.40. The van der Waals surface area contributed by atoms with Crippen LogP contribution in [-0.2, 0) is 24.9 Å². The molecule has 1 fully saturated rings. The number of nitrogens with zero attached hydrogens (tertiary/aromatic N) is 7. The van der Waals surface area contributed by atoms with E-state index in [9.17, 15) is 5.11 Å². The molecule has 206 valence electrons. The summed E-state index contributed by atoms with van der Waals surface area (Å²) in [6, 6.07) is 2.42. The van der Waals surface area contributed by atoms with Gasteiger partial charge in [0.25, 0.3) is 0 Å². The summed E-state index contributed by atoms with van der Waals surface area (Å²) < 4.78 is 15.9. The highest BCUT2D eigenvalue weighted by molar-refractivity contribution is 5.93. The lowest BCUT2D eigenvalue weighted by atomic mass is 10.1. The summed E-state index contributed by atoms with van der Waals surface area (Å²) in [5, 5.41) is 28.1. The van der Waals surface area contributed by atoms with Crippen LogP contribution in [0.15, 0.2) is 12.3 Å². The van der Waals surface area contributed by atoms with Crippen LogP contribution in [0.1, 0.15) is 61.1 Å². The molecule has 0 radical (unpaired) electrons. The quantitative estimate of drug-likeness (QED) is 0.401. The van der Waals surface area contributed by atoms with E-state index in [2.05, 4.69) is 33.2 Å². The smallest absolute Gasteiger partial charge is 0.221 e. The van der Waals surface area contributed by atoms with Crippen LogP contribution in [0.4, 0.5) is 0 Å². The van der Waals surface area contributed by atoms with Gasteiger partial charge < -0.3 is 14.6 Å². The molecule has 2 aliphatic rings. The van der Waals surface area contributed by atoms with E-state index in [0.29, 0.717) is 25.1 Å². The minimum atomic E-state index is -0.126. The molecule has 1 aliphatic heterocycles. The lowest BCUT2D eigenvalue weighted by Crippen LogP contribution is -2.36. The summed E-state index contributed by atoms with van der Waals surface area (Å²) in [7, 11) is 3.57. The van der Waals surface area contributed by atoms with Crippen molar-refractivity contribution >= 4 is 23.1 Å². The largest absolute Gasteiger partial charge is 0.473 e. The van der Waals surface area contributed by atoms with Crippen molar-refractivity contribution in [3.63, 3.8) is 0 Å². The second-order valence-corrected chi connectivity index (χ2v) is 10.8. The second kappa shape index (κ2) is 10.2. The first kappa shape index (κ1) is 25.7. The molecular formula is C28H36N8O3. The number of H-pyrrole nitrogens is 1.